The van der Waals surface area contributed by atoms with Crippen LogP contribution in [0.15, 0.2) is 42.6 Å². The lowest BCUT2D eigenvalue weighted by Gasteiger charge is -2.37. The lowest BCUT2D eigenvalue weighted by Crippen LogP contribution is -2.48. The van der Waals surface area contributed by atoms with Crippen LogP contribution >= 0.6 is 0 Å². The predicted octanol–water partition coefficient (Wildman–Crippen LogP) is 3.82. The zero-order chi connectivity index (χ0) is 22.8. The number of nitrogens with zero attached hydrogens (tertiary/aromatic N) is 5. The SMILES string of the molecule is Cn1c(-c2cc3cccnc3n2CC2CC2)nc2cc(C(=O)N3CCC[C@H]4CNC[C@H]43)ccc21. The zero-order valence-corrected chi connectivity index (χ0v) is 19.6. The minimum absolute atomic E-state index is 0.138. The molecule has 7 nitrogen and oxygen atoms in total. The van der Waals surface area contributed by atoms with Gasteiger partial charge in [-0.05, 0) is 73.9 Å². The third-order valence-electron chi connectivity index (χ3n) is 8.09. The van der Waals surface area contributed by atoms with Crippen molar-refractivity contribution in [3.8, 4) is 11.5 Å². The number of nitrogens with one attached hydrogen (secondary N) is 1. The highest BCUT2D eigenvalue weighted by Crippen LogP contribution is 2.36. The number of fused-ring (bicyclic) bond motifs is 3. The van der Waals surface area contributed by atoms with Gasteiger partial charge >= 0.3 is 0 Å². The highest BCUT2D eigenvalue weighted by atomic mass is 16.2. The Labute approximate surface area is 198 Å². The van der Waals surface area contributed by atoms with Crippen molar-refractivity contribution >= 4 is 28.0 Å². The second-order valence-electron chi connectivity index (χ2n) is 10.3. The smallest absolute Gasteiger partial charge is 0.254 e. The number of likely N-dealkylation sites (tertiary alicyclic amines) is 1. The first-order chi connectivity index (χ1) is 16.7. The molecule has 5 heterocycles. The van der Waals surface area contributed by atoms with E-state index >= 15 is 0 Å². The quantitative estimate of drug-likeness (QED) is 0.509. The van der Waals surface area contributed by atoms with E-state index in [2.05, 4.69) is 49.6 Å². The maximum Gasteiger partial charge on any atom is 0.254 e. The number of pyridine rings is 1. The van der Waals surface area contributed by atoms with E-state index in [4.69, 9.17) is 4.98 Å². The normalized spacial score (nSPS) is 22.6. The fourth-order valence-electron chi connectivity index (χ4n) is 6.06. The van der Waals surface area contributed by atoms with E-state index in [0.717, 1.165) is 77.7 Å². The molecule has 2 atom stereocenters. The number of carbonyl (C=O) groups excluding carboxylic acids is 1. The molecule has 174 valence electrons. The van der Waals surface area contributed by atoms with Crippen LogP contribution in [0.3, 0.4) is 0 Å². The van der Waals surface area contributed by atoms with Crippen LogP contribution in [0.25, 0.3) is 33.6 Å². The number of amides is 1. The second-order valence-corrected chi connectivity index (χ2v) is 10.3. The number of imidazole rings is 1. The van der Waals surface area contributed by atoms with E-state index < -0.39 is 0 Å². The lowest BCUT2D eigenvalue weighted by molar-refractivity contribution is 0.0575. The molecule has 1 saturated carbocycles. The van der Waals surface area contributed by atoms with Crippen molar-refractivity contribution < 1.29 is 4.79 Å². The molecule has 3 aliphatic rings. The topological polar surface area (TPSA) is 68.0 Å². The monoisotopic (exact) mass is 454 g/mol. The Morgan fingerprint density at radius 2 is 2.06 bits per heavy atom. The number of aromatic nitrogens is 4. The Bertz CT molecular complexity index is 1410. The molecule has 34 heavy (non-hydrogen) atoms. The average Bonchev–Trinajstić information content (AvgIpc) is 3.28. The first-order valence-electron chi connectivity index (χ1n) is 12.6. The Balaban J connectivity index is 1.28. The van der Waals surface area contributed by atoms with Crippen LogP contribution in [-0.4, -0.2) is 55.6 Å². The molecule has 1 amide bonds. The van der Waals surface area contributed by atoms with E-state index in [0.29, 0.717) is 12.0 Å². The molecule has 2 aliphatic heterocycles. The molecule has 2 saturated heterocycles. The first-order valence-corrected chi connectivity index (χ1v) is 12.6. The van der Waals surface area contributed by atoms with E-state index in [1.165, 1.54) is 19.3 Å². The minimum atomic E-state index is 0.138. The van der Waals surface area contributed by atoms with Crippen molar-refractivity contribution in [2.75, 3.05) is 19.6 Å². The molecule has 3 fully saturated rings. The van der Waals surface area contributed by atoms with Crippen molar-refractivity contribution in [1.82, 2.24) is 29.3 Å². The fourth-order valence-corrected chi connectivity index (χ4v) is 6.06. The summed E-state index contributed by atoms with van der Waals surface area (Å²) in [6.45, 7) is 3.77. The van der Waals surface area contributed by atoms with E-state index in [-0.39, 0.29) is 5.91 Å². The number of hydrogen-bond donors (Lipinski definition) is 1. The summed E-state index contributed by atoms with van der Waals surface area (Å²) in [6, 6.07) is 12.7. The van der Waals surface area contributed by atoms with Gasteiger partial charge in [-0.25, -0.2) is 9.97 Å². The van der Waals surface area contributed by atoms with Gasteiger partial charge in [0.15, 0.2) is 5.82 Å². The first kappa shape index (κ1) is 20.2. The van der Waals surface area contributed by atoms with Gasteiger partial charge in [-0.1, -0.05) is 0 Å². The highest BCUT2D eigenvalue weighted by molar-refractivity contribution is 5.98. The summed E-state index contributed by atoms with van der Waals surface area (Å²) >= 11 is 0. The van der Waals surface area contributed by atoms with Gasteiger partial charge < -0.3 is 19.4 Å². The van der Waals surface area contributed by atoms with Gasteiger partial charge in [0, 0.05) is 56.4 Å². The molecule has 7 rings (SSSR count). The maximum absolute atomic E-state index is 13.5. The van der Waals surface area contributed by atoms with Crippen LogP contribution in [-0.2, 0) is 13.6 Å². The maximum atomic E-state index is 13.5. The second kappa shape index (κ2) is 7.67. The molecule has 0 unspecified atom stereocenters. The van der Waals surface area contributed by atoms with Gasteiger partial charge in [0.25, 0.3) is 5.91 Å². The van der Waals surface area contributed by atoms with Gasteiger partial charge in [-0.15, -0.1) is 0 Å². The molecular weight excluding hydrogens is 424 g/mol. The largest absolute Gasteiger partial charge is 0.334 e. The molecule has 0 bridgehead atoms. The van der Waals surface area contributed by atoms with Crippen molar-refractivity contribution in [3.05, 3.63) is 48.2 Å². The van der Waals surface area contributed by atoms with Crippen LogP contribution in [0.2, 0.25) is 0 Å². The Hall–Kier alpha value is -3.19. The van der Waals surface area contributed by atoms with Gasteiger partial charge in [-0.3, -0.25) is 4.79 Å². The van der Waals surface area contributed by atoms with Gasteiger partial charge in [-0.2, -0.15) is 0 Å². The number of rotatable bonds is 4. The van der Waals surface area contributed by atoms with Crippen LogP contribution in [0.5, 0.6) is 0 Å². The summed E-state index contributed by atoms with van der Waals surface area (Å²) in [4.78, 5) is 25.3. The summed E-state index contributed by atoms with van der Waals surface area (Å²) in [5.74, 6) is 2.38. The van der Waals surface area contributed by atoms with E-state index in [1.54, 1.807) is 0 Å². The number of aryl methyl sites for hydroxylation is 1. The third-order valence-corrected chi connectivity index (χ3v) is 8.09. The molecule has 4 aromatic rings. The van der Waals surface area contributed by atoms with Crippen LogP contribution < -0.4 is 5.32 Å². The standard InChI is InChI=1S/C27H30N6O/c1-31-22-9-8-19(27(34)32-11-3-5-20-14-28-15-24(20)32)12-21(22)30-26(31)23-13-18-4-2-10-29-25(18)33(23)16-17-6-7-17/h2,4,8-10,12-13,17,20,24,28H,3,5-7,11,14-16H2,1H3/t20-,24+/m0/s1. The van der Waals surface area contributed by atoms with Crippen LogP contribution in [0.4, 0.5) is 0 Å². The highest BCUT2D eigenvalue weighted by Gasteiger charge is 2.37. The van der Waals surface area contributed by atoms with Crippen molar-refractivity contribution in [2.45, 2.75) is 38.3 Å². The van der Waals surface area contributed by atoms with Crippen molar-refractivity contribution in [1.29, 1.82) is 0 Å². The zero-order valence-electron chi connectivity index (χ0n) is 19.6. The van der Waals surface area contributed by atoms with Crippen LogP contribution in [0.1, 0.15) is 36.0 Å². The van der Waals surface area contributed by atoms with Crippen molar-refractivity contribution in [3.63, 3.8) is 0 Å². The number of piperidine rings is 1. The van der Waals surface area contributed by atoms with E-state index in [9.17, 15) is 4.79 Å². The number of hydrogen-bond acceptors (Lipinski definition) is 4. The molecule has 7 heteroatoms. The molecular formula is C27H30N6O. The Morgan fingerprint density at radius 3 is 2.94 bits per heavy atom. The third kappa shape index (κ3) is 3.17. The molecule has 1 N–H and O–H groups in total. The van der Waals surface area contributed by atoms with E-state index in [1.807, 2.05) is 24.4 Å². The molecule has 1 aromatic carbocycles. The number of carbonyl (C=O) groups is 1. The number of benzene rings is 1. The molecule has 1 aliphatic carbocycles. The summed E-state index contributed by atoms with van der Waals surface area (Å²) in [6.07, 6.45) is 6.74. The van der Waals surface area contributed by atoms with Gasteiger partial charge in [0.05, 0.1) is 16.7 Å². The fraction of sp³-hybridized carbons (Fsp3) is 0.444. The van der Waals surface area contributed by atoms with Gasteiger partial charge in [0.1, 0.15) is 5.65 Å². The van der Waals surface area contributed by atoms with Crippen LogP contribution in [0, 0.1) is 11.8 Å². The molecule has 3 aromatic heterocycles. The van der Waals surface area contributed by atoms with Gasteiger partial charge in [0.2, 0.25) is 0 Å². The Morgan fingerprint density at radius 1 is 1.15 bits per heavy atom. The lowest BCUT2D eigenvalue weighted by atomic mass is 9.91. The summed E-state index contributed by atoms with van der Waals surface area (Å²) < 4.78 is 4.49. The summed E-state index contributed by atoms with van der Waals surface area (Å²) in [5, 5.41) is 4.62. The summed E-state index contributed by atoms with van der Waals surface area (Å²) in [7, 11) is 2.07. The molecule has 0 radical (unpaired) electrons. The minimum Gasteiger partial charge on any atom is -0.334 e. The predicted molar refractivity (Wildman–Crippen MR) is 133 cm³/mol. The Kier molecular flexibility index (Phi) is 4.56. The summed E-state index contributed by atoms with van der Waals surface area (Å²) in [5.41, 5.74) is 4.78. The average molecular weight is 455 g/mol. The van der Waals surface area contributed by atoms with Crippen molar-refractivity contribution in [2.24, 2.45) is 18.9 Å². The molecule has 0 spiro atoms.